The molecule has 0 bridgehead atoms. The van der Waals surface area contributed by atoms with Crippen molar-refractivity contribution in [3.05, 3.63) is 23.9 Å². The first-order chi connectivity index (χ1) is 14.3. The Morgan fingerprint density at radius 1 is 0.931 bits per heavy atom. The number of carbonyl (C=O) groups excluding carboxylic acids is 1. The minimum absolute atomic E-state index is 0.0711. The Morgan fingerprint density at radius 2 is 1.62 bits per heavy atom. The van der Waals surface area contributed by atoms with Crippen molar-refractivity contribution in [2.45, 2.75) is 57.9 Å². The molecular weight excluding hydrogens is 362 g/mol. The van der Waals surface area contributed by atoms with Crippen LogP contribution in [-0.4, -0.2) is 66.6 Å². The molecule has 0 atom stereocenters. The van der Waals surface area contributed by atoms with E-state index in [1.165, 1.54) is 58.2 Å². The second-order valence-electron chi connectivity index (χ2n) is 9.02. The maximum atomic E-state index is 12.6. The van der Waals surface area contributed by atoms with Crippen LogP contribution >= 0.6 is 0 Å². The number of nitrogens with zero attached hydrogens (tertiary/aromatic N) is 4. The highest BCUT2D eigenvalue weighted by molar-refractivity contribution is 5.74. The van der Waals surface area contributed by atoms with E-state index in [-0.39, 0.29) is 6.03 Å². The summed E-state index contributed by atoms with van der Waals surface area (Å²) < 4.78 is 0. The zero-order chi connectivity index (χ0) is 19.9. The zero-order valence-electron chi connectivity index (χ0n) is 17.8. The Kier molecular flexibility index (Phi) is 7.25. The summed E-state index contributed by atoms with van der Waals surface area (Å²) >= 11 is 0. The van der Waals surface area contributed by atoms with E-state index < -0.39 is 0 Å². The monoisotopic (exact) mass is 399 g/mol. The summed E-state index contributed by atoms with van der Waals surface area (Å²) in [5.74, 6) is 1.81. The highest BCUT2D eigenvalue weighted by atomic mass is 16.2. The molecule has 2 amide bonds. The van der Waals surface area contributed by atoms with Gasteiger partial charge in [-0.05, 0) is 69.2 Å². The van der Waals surface area contributed by atoms with Gasteiger partial charge in [-0.3, -0.25) is 0 Å². The van der Waals surface area contributed by atoms with E-state index >= 15 is 0 Å². The number of urea groups is 1. The van der Waals surface area contributed by atoms with Crippen LogP contribution in [0.5, 0.6) is 0 Å². The van der Waals surface area contributed by atoms with E-state index in [4.69, 9.17) is 0 Å². The van der Waals surface area contributed by atoms with Gasteiger partial charge < -0.3 is 20.0 Å². The molecule has 3 fully saturated rings. The number of carbonyl (C=O) groups is 1. The summed E-state index contributed by atoms with van der Waals surface area (Å²) in [5.41, 5.74) is 1.07. The third-order valence-corrected chi connectivity index (χ3v) is 6.80. The lowest BCUT2D eigenvalue weighted by molar-refractivity contribution is 0.147. The maximum Gasteiger partial charge on any atom is 0.317 e. The summed E-state index contributed by atoms with van der Waals surface area (Å²) in [4.78, 5) is 24.1. The number of amides is 2. The molecule has 3 saturated heterocycles. The van der Waals surface area contributed by atoms with Gasteiger partial charge in [-0.15, -0.1) is 0 Å². The van der Waals surface area contributed by atoms with Crippen LogP contribution in [0.15, 0.2) is 18.3 Å². The zero-order valence-corrected chi connectivity index (χ0v) is 17.8. The third-order valence-electron chi connectivity index (χ3n) is 6.80. The smallest absolute Gasteiger partial charge is 0.317 e. The normalized spacial score (nSPS) is 21.9. The molecule has 1 aromatic rings. The van der Waals surface area contributed by atoms with Crippen LogP contribution < -0.4 is 10.2 Å². The Hall–Kier alpha value is -1.82. The molecule has 6 nitrogen and oxygen atoms in total. The lowest BCUT2D eigenvalue weighted by Crippen LogP contribution is -2.45. The standard InChI is InChI=1S/C23H37N5O/c29-23(25-18-21-7-8-22(24-17-21)27-13-5-6-14-27)28-15-9-20(10-16-28)19-26-11-3-1-2-4-12-26/h7-8,17,20H,1-6,9-16,18-19H2,(H,25,29). The summed E-state index contributed by atoms with van der Waals surface area (Å²) in [6.07, 6.45) is 12.2. The molecule has 3 aliphatic heterocycles. The summed E-state index contributed by atoms with van der Waals surface area (Å²) in [5, 5.41) is 3.09. The van der Waals surface area contributed by atoms with Gasteiger partial charge in [-0.2, -0.15) is 0 Å². The van der Waals surface area contributed by atoms with Crippen LogP contribution in [0.1, 0.15) is 56.9 Å². The number of aromatic nitrogens is 1. The maximum absolute atomic E-state index is 12.6. The van der Waals surface area contributed by atoms with Crippen molar-refractivity contribution in [2.24, 2.45) is 5.92 Å². The largest absolute Gasteiger partial charge is 0.357 e. The molecule has 0 aliphatic carbocycles. The van der Waals surface area contributed by atoms with Gasteiger partial charge in [0, 0.05) is 45.5 Å². The Bertz CT molecular complexity index is 627. The molecule has 29 heavy (non-hydrogen) atoms. The Balaban J connectivity index is 1.17. The lowest BCUT2D eigenvalue weighted by Gasteiger charge is -2.34. The second-order valence-corrected chi connectivity index (χ2v) is 9.02. The number of piperidine rings is 1. The number of pyridine rings is 1. The summed E-state index contributed by atoms with van der Waals surface area (Å²) in [6, 6.07) is 4.25. The topological polar surface area (TPSA) is 51.7 Å². The van der Waals surface area contributed by atoms with E-state index in [0.29, 0.717) is 6.54 Å². The fourth-order valence-electron chi connectivity index (χ4n) is 4.95. The molecule has 1 aromatic heterocycles. The van der Waals surface area contributed by atoms with Gasteiger partial charge in [0.25, 0.3) is 0 Å². The van der Waals surface area contributed by atoms with E-state index in [0.717, 1.165) is 56.3 Å². The number of hydrogen-bond donors (Lipinski definition) is 1. The molecule has 4 rings (SSSR count). The highest BCUT2D eigenvalue weighted by Crippen LogP contribution is 2.21. The van der Waals surface area contributed by atoms with Crippen LogP contribution in [0, 0.1) is 5.92 Å². The first-order valence-electron chi connectivity index (χ1n) is 11.7. The Labute approximate surface area is 175 Å². The summed E-state index contributed by atoms with van der Waals surface area (Å²) in [7, 11) is 0. The van der Waals surface area contributed by atoms with Crippen molar-refractivity contribution in [3.8, 4) is 0 Å². The SMILES string of the molecule is O=C(NCc1ccc(N2CCCC2)nc1)N1CCC(CN2CCCCCC2)CC1. The van der Waals surface area contributed by atoms with Crippen molar-refractivity contribution < 1.29 is 4.79 Å². The first kappa shape index (κ1) is 20.5. The van der Waals surface area contributed by atoms with Crippen LogP contribution in [0.25, 0.3) is 0 Å². The molecule has 0 aromatic carbocycles. The van der Waals surface area contributed by atoms with Crippen LogP contribution in [-0.2, 0) is 6.54 Å². The number of hydrogen-bond acceptors (Lipinski definition) is 4. The molecule has 4 heterocycles. The number of likely N-dealkylation sites (tertiary alicyclic amines) is 2. The average molecular weight is 400 g/mol. The van der Waals surface area contributed by atoms with E-state index in [9.17, 15) is 4.79 Å². The average Bonchev–Trinajstić information content (AvgIpc) is 3.18. The van der Waals surface area contributed by atoms with Gasteiger partial charge >= 0.3 is 6.03 Å². The molecule has 0 saturated carbocycles. The molecule has 1 N–H and O–H groups in total. The molecule has 160 valence electrons. The third kappa shape index (κ3) is 5.84. The van der Waals surface area contributed by atoms with E-state index in [2.05, 4.69) is 32.2 Å². The first-order valence-corrected chi connectivity index (χ1v) is 11.7. The molecule has 3 aliphatic rings. The van der Waals surface area contributed by atoms with Crippen molar-refractivity contribution >= 4 is 11.8 Å². The molecule has 0 spiro atoms. The minimum atomic E-state index is 0.0711. The summed E-state index contributed by atoms with van der Waals surface area (Å²) in [6.45, 7) is 8.31. The Morgan fingerprint density at radius 3 is 2.28 bits per heavy atom. The van der Waals surface area contributed by atoms with Gasteiger partial charge in [-0.25, -0.2) is 9.78 Å². The van der Waals surface area contributed by atoms with Gasteiger partial charge in [0.15, 0.2) is 0 Å². The van der Waals surface area contributed by atoms with E-state index in [1.54, 1.807) is 0 Å². The fourth-order valence-corrected chi connectivity index (χ4v) is 4.95. The highest BCUT2D eigenvalue weighted by Gasteiger charge is 2.24. The van der Waals surface area contributed by atoms with E-state index in [1.807, 2.05) is 11.1 Å². The predicted octanol–water partition coefficient (Wildman–Crippen LogP) is 3.48. The van der Waals surface area contributed by atoms with Crippen molar-refractivity contribution in [2.75, 3.05) is 50.7 Å². The van der Waals surface area contributed by atoms with Gasteiger partial charge in [0.1, 0.15) is 5.82 Å². The van der Waals surface area contributed by atoms with Crippen LogP contribution in [0.3, 0.4) is 0 Å². The molecule has 0 radical (unpaired) electrons. The van der Waals surface area contributed by atoms with Gasteiger partial charge in [0.2, 0.25) is 0 Å². The molecule has 6 heteroatoms. The number of nitrogens with one attached hydrogen (secondary N) is 1. The quantitative estimate of drug-likeness (QED) is 0.824. The van der Waals surface area contributed by atoms with Crippen molar-refractivity contribution in [1.29, 1.82) is 0 Å². The number of anilines is 1. The lowest BCUT2D eigenvalue weighted by atomic mass is 9.96. The van der Waals surface area contributed by atoms with Crippen molar-refractivity contribution in [1.82, 2.24) is 20.1 Å². The predicted molar refractivity (Wildman–Crippen MR) is 117 cm³/mol. The molecular formula is C23H37N5O. The molecule has 0 unspecified atom stereocenters. The minimum Gasteiger partial charge on any atom is -0.357 e. The van der Waals surface area contributed by atoms with Gasteiger partial charge in [-0.1, -0.05) is 18.9 Å². The second kappa shape index (κ2) is 10.3. The van der Waals surface area contributed by atoms with Gasteiger partial charge in [0.05, 0.1) is 0 Å². The van der Waals surface area contributed by atoms with Crippen LogP contribution in [0.2, 0.25) is 0 Å². The number of rotatable bonds is 5. The van der Waals surface area contributed by atoms with Crippen molar-refractivity contribution in [3.63, 3.8) is 0 Å². The fraction of sp³-hybridized carbons (Fsp3) is 0.739. The van der Waals surface area contributed by atoms with Crippen LogP contribution in [0.4, 0.5) is 10.6 Å².